The zero-order valence-corrected chi connectivity index (χ0v) is 19.8. The van der Waals surface area contributed by atoms with E-state index in [0.717, 1.165) is 60.3 Å². The highest BCUT2D eigenvalue weighted by Gasteiger charge is 2.28. The SMILES string of the molecule is CCCCOc1ccc(C=NNC(=O)C(=O)Nc2sc3c(c2C(=O)OCC)CCCC3)cc1. The molecule has 1 aromatic carbocycles. The Morgan fingerprint density at radius 1 is 1.09 bits per heavy atom. The van der Waals surface area contributed by atoms with E-state index < -0.39 is 17.8 Å². The van der Waals surface area contributed by atoms with E-state index in [1.807, 2.05) is 12.1 Å². The number of hydrazone groups is 1. The van der Waals surface area contributed by atoms with Crippen molar-refractivity contribution >= 4 is 40.3 Å². The number of esters is 1. The summed E-state index contributed by atoms with van der Waals surface area (Å²) in [7, 11) is 0. The number of benzene rings is 1. The Hall–Kier alpha value is -3.20. The molecule has 8 nitrogen and oxygen atoms in total. The van der Waals surface area contributed by atoms with Crippen molar-refractivity contribution in [2.24, 2.45) is 5.10 Å². The third-order valence-corrected chi connectivity index (χ3v) is 6.32. The molecule has 2 N–H and O–H groups in total. The van der Waals surface area contributed by atoms with Crippen LogP contribution in [0.3, 0.4) is 0 Å². The Morgan fingerprint density at radius 2 is 1.85 bits per heavy atom. The van der Waals surface area contributed by atoms with Gasteiger partial charge in [-0.15, -0.1) is 11.3 Å². The predicted octanol–water partition coefficient (Wildman–Crippen LogP) is 4.07. The number of carbonyl (C=O) groups is 3. The zero-order chi connectivity index (χ0) is 23.6. The molecule has 3 rings (SSSR count). The summed E-state index contributed by atoms with van der Waals surface area (Å²) < 4.78 is 10.8. The lowest BCUT2D eigenvalue weighted by Gasteiger charge is -2.12. The number of unbranched alkanes of at least 4 members (excludes halogenated alkanes) is 1. The molecule has 0 saturated heterocycles. The summed E-state index contributed by atoms with van der Waals surface area (Å²) in [4.78, 5) is 38.2. The molecule has 33 heavy (non-hydrogen) atoms. The van der Waals surface area contributed by atoms with Crippen molar-refractivity contribution in [2.75, 3.05) is 18.5 Å². The van der Waals surface area contributed by atoms with Gasteiger partial charge in [0, 0.05) is 4.88 Å². The summed E-state index contributed by atoms with van der Waals surface area (Å²) in [5.74, 6) is -1.53. The second-order valence-corrected chi connectivity index (χ2v) is 8.66. The van der Waals surface area contributed by atoms with Crippen LogP contribution in [0.25, 0.3) is 0 Å². The van der Waals surface area contributed by atoms with Gasteiger partial charge in [-0.25, -0.2) is 10.2 Å². The Morgan fingerprint density at radius 3 is 2.58 bits per heavy atom. The molecule has 1 heterocycles. The maximum atomic E-state index is 12.5. The van der Waals surface area contributed by atoms with Crippen LogP contribution in [0.4, 0.5) is 5.00 Å². The summed E-state index contributed by atoms with van der Waals surface area (Å²) in [6.07, 6.45) is 7.11. The van der Waals surface area contributed by atoms with Gasteiger partial charge in [0.2, 0.25) is 0 Å². The summed E-state index contributed by atoms with van der Waals surface area (Å²) in [5.41, 5.74) is 4.24. The van der Waals surface area contributed by atoms with Gasteiger partial charge < -0.3 is 14.8 Å². The highest BCUT2D eigenvalue weighted by molar-refractivity contribution is 7.17. The van der Waals surface area contributed by atoms with Crippen LogP contribution in [0.5, 0.6) is 5.75 Å². The molecule has 0 spiro atoms. The molecular formula is C24H29N3O5S. The number of nitrogens with one attached hydrogen (secondary N) is 2. The van der Waals surface area contributed by atoms with Gasteiger partial charge in [-0.05, 0) is 74.4 Å². The Balaban J connectivity index is 1.59. The second-order valence-electron chi connectivity index (χ2n) is 7.56. The molecule has 9 heteroatoms. The largest absolute Gasteiger partial charge is 0.494 e. The van der Waals surface area contributed by atoms with E-state index in [9.17, 15) is 14.4 Å². The topological polar surface area (TPSA) is 106 Å². The van der Waals surface area contributed by atoms with Crippen LogP contribution in [0.2, 0.25) is 0 Å². The average molecular weight is 472 g/mol. The lowest BCUT2D eigenvalue weighted by atomic mass is 9.95. The van der Waals surface area contributed by atoms with Crippen LogP contribution >= 0.6 is 11.3 Å². The van der Waals surface area contributed by atoms with Gasteiger partial charge >= 0.3 is 17.8 Å². The molecule has 1 aliphatic carbocycles. The van der Waals surface area contributed by atoms with E-state index in [1.54, 1.807) is 19.1 Å². The number of aryl methyl sites for hydroxylation is 1. The number of carbonyl (C=O) groups excluding carboxylic acids is 3. The van der Waals surface area contributed by atoms with E-state index >= 15 is 0 Å². The molecule has 0 bridgehead atoms. The molecule has 2 amide bonds. The minimum absolute atomic E-state index is 0.234. The van der Waals surface area contributed by atoms with E-state index in [2.05, 4.69) is 22.8 Å². The maximum absolute atomic E-state index is 12.5. The van der Waals surface area contributed by atoms with Crippen molar-refractivity contribution < 1.29 is 23.9 Å². The van der Waals surface area contributed by atoms with Crippen LogP contribution in [-0.2, 0) is 27.2 Å². The van der Waals surface area contributed by atoms with Gasteiger partial charge in [0.25, 0.3) is 0 Å². The Bertz CT molecular complexity index is 1010. The van der Waals surface area contributed by atoms with Gasteiger partial charge in [-0.1, -0.05) is 13.3 Å². The minimum Gasteiger partial charge on any atom is -0.494 e. The maximum Gasteiger partial charge on any atom is 0.341 e. The Kier molecular flexibility index (Phi) is 9.00. The van der Waals surface area contributed by atoms with E-state index in [1.165, 1.54) is 17.6 Å². The molecule has 1 aromatic heterocycles. The lowest BCUT2D eigenvalue weighted by Crippen LogP contribution is -2.32. The van der Waals surface area contributed by atoms with Crippen molar-refractivity contribution in [1.29, 1.82) is 0 Å². The van der Waals surface area contributed by atoms with Gasteiger partial charge in [0.15, 0.2) is 0 Å². The molecule has 0 atom stereocenters. The molecule has 1 aliphatic rings. The number of nitrogens with zero attached hydrogens (tertiary/aromatic N) is 1. The number of anilines is 1. The van der Waals surface area contributed by atoms with Crippen LogP contribution in [0.1, 0.15) is 65.9 Å². The smallest absolute Gasteiger partial charge is 0.341 e. The fourth-order valence-corrected chi connectivity index (χ4v) is 4.71. The molecule has 0 unspecified atom stereocenters. The first-order chi connectivity index (χ1) is 16.0. The third-order valence-electron chi connectivity index (χ3n) is 5.11. The highest BCUT2D eigenvalue weighted by Crippen LogP contribution is 2.38. The van der Waals surface area contributed by atoms with Gasteiger partial charge in [0.05, 0.1) is 25.0 Å². The number of rotatable bonds is 9. The lowest BCUT2D eigenvalue weighted by molar-refractivity contribution is -0.136. The molecule has 0 radical (unpaired) electrons. The summed E-state index contributed by atoms with van der Waals surface area (Å²) in [5, 5.41) is 6.76. The standard InChI is InChI=1S/C24H29N3O5S/c1-3-5-14-32-17-12-10-16(11-13-17)15-25-27-22(29)21(28)26-23-20(24(30)31-4-2)18-8-6-7-9-19(18)33-23/h10-13,15H,3-9,14H2,1-2H3,(H,26,28)(H,27,29). The van der Waals surface area contributed by atoms with Gasteiger partial charge in [0.1, 0.15) is 10.8 Å². The van der Waals surface area contributed by atoms with Crippen LogP contribution in [0, 0.1) is 0 Å². The summed E-state index contributed by atoms with van der Waals surface area (Å²) in [6, 6.07) is 7.25. The van der Waals surface area contributed by atoms with Crippen molar-refractivity contribution in [3.63, 3.8) is 0 Å². The van der Waals surface area contributed by atoms with E-state index in [4.69, 9.17) is 9.47 Å². The van der Waals surface area contributed by atoms with E-state index in [0.29, 0.717) is 17.2 Å². The summed E-state index contributed by atoms with van der Waals surface area (Å²) >= 11 is 1.33. The van der Waals surface area contributed by atoms with Crippen molar-refractivity contribution in [2.45, 2.75) is 52.4 Å². The number of thiophene rings is 1. The predicted molar refractivity (Wildman–Crippen MR) is 128 cm³/mol. The van der Waals surface area contributed by atoms with Crippen molar-refractivity contribution in [3.8, 4) is 5.75 Å². The minimum atomic E-state index is -0.924. The monoisotopic (exact) mass is 471 g/mol. The molecule has 2 aromatic rings. The number of fused-ring (bicyclic) bond motifs is 1. The van der Waals surface area contributed by atoms with Crippen molar-refractivity contribution in [1.82, 2.24) is 5.43 Å². The van der Waals surface area contributed by atoms with E-state index in [-0.39, 0.29) is 6.61 Å². The normalized spacial score (nSPS) is 12.8. The molecule has 176 valence electrons. The number of ether oxygens (including phenoxy) is 2. The molecule has 0 saturated carbocycles. The first kappa shape index (κ1) is 24.4. The Labute approximate surface area is 197 Å². The third kappa shape index (κ3) is 6.64. The van der Waals surface area contributed by atoms with Crippen molar-refractivity contribution in [3.05, 3.63) is 45.8 Å². The number of hydrogen-bond donors (Lipinski definition) is 2. The quantitative estimate of drug-likeness (QED) is 0.189. The first-order valence-electron chi connectivity index (χ1n) is 11.2. The second kappa shape index (κ2) is 12.2. The summed E-state index contributed by atoms with van der Waals surface area (Å²) in [6.45, 7) is 4.73. The zero-order valence-electron chi connectivity index (χ0n) is 18.9. The van der Waals surface area contributed by atoms with Gasteiger partial charge in [-0.3, -0.25) is 9.59 Å². The van der Waals surface area contributed by atoms with Crippen LogP contribution in [0.15, 0.2) is 29.4 Å². The fraction of sp³-hybridized carbons (Fsp3) is 0.417. The highest BCUT2D eigenvalue weighted by atomic mass is 32.1. The average Bonchev–Trinajstić information content (AvgIpc) is 3.18. The number of amides is 2. The molecular weight excluding hydrogens is 442 g/mol. The first-order valence-corrected chi connectivity index (χ1v) is 12.0. The molecule has 0 fully saturated rings. The van der Waals surface area contributed by atoms with Crippen LogP contribution < -0.4 is 15.5 Å². The fourth-order valence-electron chi connectivity index (χ4n) is 3.43. The number of hydrogen-bond acceptors (Lipinski definition) is 7. The van der Waals surface area contributed by atoms with Crippen LogP contribution in [-0.4, -0.2) is 37.2 Å². The van der Waals surface area contributed by atoms with Gasteiger partial charge in [-0.2, -0.15) is 5.10 Å². The molecule has 0 aliphatic heterocycles.